The zero-order chi connectivity index (χ0) is 9.97. The molecule has 1 saturated heterocycles. The van der Waals surface area contributed by atoms with Gasteiger partial charge in [0.05, 0.1) is 0 Å². The van der Waals surface area contributed by atoms with E-state index in [1.54, 1.807) is 0 Å². The summed E-state index contributed by atoms with van der Waals surface area (Å²) in [5.74, 6) is -1.11. The van der Waals surface area contributed by atoms with Crippen molar-refractivity contribution in [2.75, 3.05) is 6.54 Å². The molecule has 1 atom stereocenters. The van der Waals surface area contributed by atoms with E-state index in [0.717, 1.165) is 11.3 Å². The Labute approximate surface area is 82.1 Å². The van der Waals surface area contributed by atoms with Gasteiger partial charge in [0, 0.05) is 12.2 Å². The van der Waals surface area contributed by atoms with Crippen molar-refractivity contribution in [2.45, 2.75) is 0 Å². The number of aliphatic carboxylic acids is 1. The normalized spacial score (nSPS) is 22.6. The van der Waals surface area contributed by atoms with Gasteiger partial charge in [0.2, 0.25) is 0 Å². The molecule has 1 aliphatic rings. The third kappa shape index (κ3) is 1.62. The minimum atomic E-state index is -0.758. The van der Waals surface area contributed by atoms with Crippen LogP contribution in [0, 0.1) is 5.92 Å². The highest BCUT2D eigenvalue weighted by Crippen LogP contribution is 2.20. The molecular formula is C11H11NO2. The zero-order valence-corrected chi connectivity index (χ0v) is 7.60. The van der Waals surface area contributed by atoms with Gasteiger partial charge in [-0.1, -0.05) is 30.3 Å². The van der Waals surface area contributed by atoms with E-state index in [9.17, 15) is 4.79 Å². The first kappa shape index (κ1) is 8.81. The summed E-state index contributed by atoms with van der Waals surface area (Å²) in [6, 6.07) is 9.70. The second kappa shape index (κ2) is 3.54. The average Bonchev–Trinajstić information content (AvgIpc) is 2.13. The summed E-state index contributed by atoms with van der Waals surface area (Å²) in [6.45, 7) is 0.536. The van der Waals surface area contributed by atoms with Crippen molar-refractivity contribution in [1.82, 2.24) is 5.32 Å². The summed E-state index contributed by atoms with van der Waals surface area (Å²) >= 11 is 0. The van der Waals surface area contributed by atoms with E-state index in [2.05, 4.69) is 5.32 Å². The fourth-order valence-electron chi connectivity index (χ4n) is 1.42. The Balaban J connectivity index is 2.16. The smallest absolute Gasteiger partial charge is 0.314 e. The monoisotopic (exact) mass is 189 g/mol. The van der Waals surface area contributed by atoms with E-state index in [1.807, 2.05) is 36.4 Å². The van der Waals surface area contributed by atoms with E-state index in [0.29, 0.717) is 6.54 Å². The van der Waals surface area contributed by atoms with Crippen molar-refractivity contribution >= 4 is 12.0 Å². The topological polar surface area (TPSA) is 49.3 Å². The largest absolute Gasteiger partial charge is 0.481 e. The van der Waals surface area contributed by atoms with Crippen LogP contribution in [0.15, 0.2) is 36.0 Å². The highest BCUT2D eigenvalue weighted by Gasteiger charge is 2.30. The SMILES string of the molecule is O=C(O)C1CNC1=Cc1ccccc1. The van der Waals surface area contributed by atoms with Crippen LogP contribution in [0.1, 0.15) is 5.56 Å². The van der Waals surface area contributed by atoms with Crippen molar-refractivity contribution in [3.05, 3.63) is 41.6 Å². The number of hydrogen-bond acceptors (Lipinski definition) is 2. The third-order valence-electron chi connectivity index (χ3n) is 2.31. The lowest BCUT2D eigenvalue weighted by atomic mass is 9.96. The van der Waals surface area contributed by atoms with Crippen molar-refractivity contribution in [1.29, 1.82) is 0 Å². The summed E-state index contributed by atoms with van der Waals surface area (Å²) in [5, 5.41) is 11.8. The number of nitrogens with one attached hydrogen (secondary N) is 1. The number of benzene rings is 1. The van der Waals surface area contributed by atoms with Crippen LogP contribution in [-0.2, 0) is 4.79 Å². The molecule has 0 radical (unpaired) electrons. The Hall–Kier alpha value is -1.77. The molecule has 1 aromatic rings. The average molecular weight is 189 g/mol. The second-order valence-electron chi connectivity index (χ2n) is 3.28. The van der Waals surface area contributed by atoms with Crippen LogP contribution >= 0.6 is 0 Å². The van der Waals surface area contributed by atoms with Gasteiger partial charge in [0.15, 0.2) is 0 Å². The second-order valence-corrected chi connectivity index (χ2v) is 3.28. The Morgan fingerprint density at radius 1 is 1.43 bits per heavy atom. The highest BCUT2D eigenvalue weighted by atomic mass is 16.4. The molecule has 0 bridgehead atoms. The van der Waals surface area contributed by atoms with Crippen molar-refractivity contribution in [3.8, 4) is 0 Å². The van der Waals surface area contributed by atoms with Crippen LogP contribution in [-0.4, -0.2) is 17.6 Å². The molecule has 0 spiro atoms. The van der Waals surface area contributed by atoms with Crippen molar-refractivity contribution < 1.29 is 9.90 Å². The predicted octanol–water partition coefficient (Wildman–Crippen LogP) is 1.33. The van der Waals surface area contributed by atoms with Gasteiger partial charge in [-0.15, -0.1) is 0 Å². The summed E-state index contributed by atoms with van der Waals surface area (Å²) in [7, 11) is 0. The van der Waals surface area contributed by atoms with E-state index >= 15 is 0 Å². The van der Waals surface area contributed by atoms with Crippen molar-refractivity contribution in [3.63, 3.8) is 0 Å². The van der Waals surface area contributed by atoms with Crippen LogP contribution in [0.4, 0.5) is 0 Å². The fourth-order valence-corrected chi connectivity index (χ4v) is 1.42. The lowest BCUT2D eigenvalue weighted by Crippen LogP contribution is -2.43. The highest BCUT2D eigenvalue weighted by molar-refractivity contribution is 5.78. The molecule has 0 saturated carbocycles. The zero-order valence-electron chi connectivity index (χ0n) is 7.60. The minimum absolute atomic E-state index is 0.352. The van der Waals surface area contributed by atoms with E-state index < -0.39 is 5.97 Å². The Bertz CT molecular complexity index is 370. The first-order chi connectivity index (χ1) is 6.77. The first-order valence-corrected chi connectivity index (χ1v) is 4.50. The van der Waals surface area contributed by atoms with Gasteiger partial charge in [-0.3, -0.25) is 4.79 Å². The van der Waals surface area contributed by atoms with Gasteiger partial charge in [0.1, 0.15) is 5.92 Å². The molecular weight excluding hydrogens is 178 g/mol. The van der Waals surface area contributed by atoms with Crippen LogP contribution in [0.5, 0.6) is 0 Å². The molecule has 2 rings (SSSR count). The maximum atomic E-state index is 10.7. The quantitative estimate of drug-likeness (QED) is 0.738. The minimum Gasteiger partial charge on any atom is -0.481 e. The number of carboxylic acids is 1. The van der Waals surface area contributed by atoms with E-state index in [4.69, 9.17) is 5.11 Å². The summed E-state index contributed by atoms with van der Waals surface area (Å²) in [4.78, 5) is 10.7. The molecule has 14 heavy (non-hydrogen) atoms. The fraction of sp³-hybridized carbons (Fsp3) is 0.182. The van der Waals surface area contributed by atoms with E-state index in [-0.39, 0.29) is 5.92 Å². The molecule has 1 aliphatic heterocycles. The molecule has 0 aliphatic carbocycles. The molecule has 3 heteroatoms. The molecule has 1 heterocycles. The van der Waals surface area contributed by atoms with Crippen molar-refractivity contribution in [2.24, 2.45) is 5.92 Å². The molecule has 1 aromatic carbocycles. The maximum absolute atomic E-state index is 10.7. The van der Waals surface area contributed by atoms with E-state index in [1.165, 1.54) is 0 Å². The number of carboxylic acid groups (broad SMARTS) is 1. The molecule has 1 fully saturated rings. The summed E-state index contributed by atoms with van der Waals surface area (Å²) < 4.78 is 0. The van der Waals surface area contributed by atoms with Gasteiger partial charge in [-0.05, 0) is 11.6 Å². The molecule has 72 valence electrons. The van der Waals surface area contributed by atoms with Gasteiger partial charge >= 0.3 is 5.97 Å². The van der Waals surface area contributed by atoms with Gasteiger partial charge in [-0.2, -0.15) is 0 Å². The Kier molecular flexibility index (Phi) is 2.23. The van der Waals surface area contributed by atoms with Gasteiger partial charge < -0.3 is 10.4 Å². The number of hydrogen-bond donors (Lipinski definition) is 2. The lowest BCUT2D eigenvalue weighted by molar-refractivity contribution is -0.141. The Morgan fingerprint density at radius 2 is 2.14 bits per heavy atom. The standard InChI is InChI=1S/C11H11NO2/c13-11(14)9-7-12-10(9)6-8-4-2-1-3-5-8/h1-6,9,12H,7H2,(H,13,14). The number of carbonyl (C=O) groups is 1. The third-order valence-corrected chi connectivity index (χ3v) is 2.31. The maximum Gasteiger partial charge on any atom is 0.314 e. The van der Waals surface area contributed by atoms with Crippen LogP contribution in [0.3, 0.4) is 0 Å². The lowest BCUT2D eigenvalue weighted by Gasteiger charge is -2.28. The van der Waals surface area contributed by atoms with Crippen LogP contribution in [0.2, 0.25) is 0 Å². The molecule has 1 unspecified atom stereocenters. The molecule has 2 N–H and O–H groups in total. The first-order valence-electron chi connectivity index (χ1n) is 4.50. The summed E-state index contributed by atoms with van der Waals surface area (Å²) in [5.41, 5.74) is 1.82. The number of rotatable bonds is 2. The van der Waals surface area contributed by atoms with Gasteiger partial charge in [0.25, 0.3) is 0 Å². The molecule has 0 aromatic heterocycles. The van der Waals surface area contributed by atoms with Crippen LogP contribution in [0.25, 0.3) is 6.08 Å². The summed E-state index contributed by atoms with van der Waals surface area (Å²) in [6.07, 6.45) is 1.88. The Morgan fingerprint density at radius 3 is 2.64 bits per heavy atom. The van der Waals surface area contributed by atoms with Crippen LogP contribution < -0.4 is 5.32 Å². The molecule has 0 amide bonds. The molecule has 3 nitrogen and oxygen atoms in total. The predicted molar refractivity (Wildman–Crippen MR) is 53.5 cm³/mol. The van der Waals surface area contributed by atoms with Gasteiger partial charge in [-0.25, -0.2) is 0 Å².